The summed E-state index contributed by atoms with van der Waals surface area (Å²) in [6, 6.07) is 17.9. The lowest BCUT2D eigenvalue weighted by molar-refractivity contribution is -0.168. The molecule has 0 heterocycles. The predicted molar refractivity (Wildman–Crippen MR) is 63.6 cm³/mol. The normalized spacial score (nSPS) is 9.71. The van der Waals surface area contributed by atoms with Gasteiger partial charge in [-0.15, -0.1) is 0 Å². The molecule has 4 nitrogen and oxygen atoms in total. The molecule has 86 valence electrons. The van der Waals surface area contributed by atoms with Gasteiger partial charge in [-0.3, -0.25) is 5.26 Å². The summed E-state index contributed by atoms with van der Waals surface area (Å²) in [4.78, 5) is 4.11. The molecule has 0 spiro atoms. The van der Waals surface area contributed by atoms with Crippen LogP contribution >= 0.6 is 0 Å². The van der Waals surface area contributed by atoms with E-state index >= 15 is 0 Å². The molecule has 0 radical (unpaired) electrons. The first-order valence-electron chi connectivity index (χ1n) is 5.12. The molecule has 0 aromatic heterocycles. The van der Waals surface area contributed by atoms with Crippen molar-refractivity contribution in [3.8, 4) is 11.5 Å². The monoisotopic (exact) mass is 230 g/mol. The molecule has 5 heteroatoms. The molecule has 17 heavy (non-hydrogen) atoms. The summed E-state index contributed by atoms with van der Waals surface area (Å²) >= 11 is 0. The molecule has 0 bridgehead atoms. The van der Waals surface area contributed by atoms with Crippen molar-refractivity contribution in [3.05, 3.63) is 60.7 Å². The summed E-state index contributed by atoms with van der Waals surface area (Å²) in [5, 5.41) is 8.70. The quantitative estimate of drug-likeness (QED) is 0.487. The third kappa shape index (κ3) is 3.51. The smallest absolute Gasteiger partial charge is 0.499 e. The molecule has 1 N–H and O–H groups in total. The van der Waals surface area contributed by atoms with Gasteiger partial charge in [0, 0.05) is 0 Å². The highest BCUT2D eigenvalue weighted by molar-refractivity contribution is 6.38. The van der Waals surface area contributed by atoms with Crippen molar-refractivity contribution >= 4 is 7.32 Å². The topological polar surface area (TPSA) is 47.9 Å². The van der Waals surface area contributed by atoms with Crippen LogP contribution in [-0.2, 0) is 4.81 Å². The van der Waals surface area contributed by atoms with E-state index in [0.29, 0.717) is 11.5 Å². The van der Waals surface area contributed by atoms with E-state index in [1.807, 2.05) is 36.4 Å². The van der Waals surface area contributed by atoms with Crippen LogP contribution in [0.4, 0.5) is 0 Å². The summed E-state index contributed by atoms with van der Waals surface area (Å²) in [7, 11) is -1.19. The lowest BCUT2D eigenvalue weighted by atomic mass is 10.2. The summed E-state index contributed by atoms with van der Waals surface area (Å²) in [5.74, 6) is 1.09. The standard InChI is InChI=1S/C12H11BO4/c14-17-13(15-11-7-3-1-4-8-11)16-12-9-5-2-6-10-12/h1-10,14H. The van der Waals surface area contributed by atoms with E-state index in [4.69, 9.17) is 14.6 Å². The second-order valence-corrected chi connectivity index (χ2v) is 3.26. The second kappa shape index (κ2) is 5.93. The largest absolute Gasteiger partial charge is 0.816 e. The van der Waals surface area contributed by atoms with Gasteiger partial charge in [0.1, 0.15) is 11.5 Å². The van der Waals surface area contributed by atoms with Gasteiger partial charge in [0.25, 0.3) is 0 Å². The van der Waals surface area contributed by atoms with Gasteiger partial charge in [0.05, 0.1) is 0 Å². The average Bonchev–Trinajstić information content (AvgIpc) is 2.40. The van der Waals surface area contributed by atoms with Crippen molar-refractivity contribution in [3.63, 3.8) is 0 Å². The van der Waals surface area contributed by atoms with E-state index < -0.39 is 7.32 Å². The third-order valence-corrected chi connectivity index (χ3v) is 2.04. The Labute approximate surface area is 99.5 Å². The molecule has 2 rings (SSSR count). The Hall–Kier alpha value is -1.98. The minimum absolute atomic E-state index is 0.544. The number of rotatable bonds is 5. The molecule has 0 aliphatic rings. The summed E-state index contributed by atoms with van der Waals surface area (Å²) in [6.45, 7) is 0. The molecule has 2 aromatic rings. The zero-order chi connectivity index (χ0) is 11.9. The van der Waals surface area contributed by atoms with Crippen molar-refractivity contribution in [2.24, 2.45) is 0 Å². The van der Waals surface area contributed by atoms with Crippen molar-refractivity contribution in [1.29, 1.82) is 0 Å². The van der Waals surface area contributed by atoms with Gasteiger partial charge >= 0.3 is 7.32 Å². The number of benzene rings is 2. The minimum atomic E-state index is -1.19. The van der Waals surface area contributed by atoms with E-state index in [9.17, 15) is 0 Å². The summed E-state index contributed by atoms with van der Waals surface area (Å²) in [5.41, 5.74) is 0. The van der Waals surface area contributed by atoms with Crippen LogP contribution in [-0.4, -0.2) is 12.6 Å². The predicted octanol–water partition coefficient (Wildman–Crippen LogP) is 2.62. The maximum absolute atomic E-state index is 8.70. The maximum Gasteiger partial charge on any atom is 0.816 e. The van der Waals surface area contributed by atoms with E-state index in [2.05, 4.69) is 4.81 Å². The maximum atomic E-state index is 8.70. The molecular weight excluding hydrogens is 219 g/mol. The summed E-state index contributed by atoms with van der Waals surface area (Å²) < 4.78 is 10.5. The number of hydrogen-bond donors (Lipinski definition) is 1. The van der Waals surface area contributed by atoms with Gasteiger partial charge in [-0.1, -0.05) is 36.4 Å². The van der Waals surface area contributed by atoms with Gasteiger partial charge in [-0.2, -0.15) is 0 Å². The minimum Gasteiger partial charge on any atom is -0.499 e. The zero-order valence-corrected chi connectivity index (χ0v) is 9.02. The van der Waals surface area contributed by atoms with Crippen LogP contribution in [0.3, 0.4) is 0 Å². The SMILES string of the molecule is OOB(Oc1ccccc1)Oc1ccccc1. The molecule has 2 aromatic carbocycles. The van der Waals surface area contributed by atoms with Crippen molar-refractivity contribution < 1.29 is 19.4 Å². The first-order chi connectivity index (χ1) is 8.38. The molecule has 0 atom stereocenters. The number of hydrogen-bond acceptors (Lipinski definition) is 4. The fourth-order valence-electron chi connectivity index (χ4n) is 1.29. The lowest BCUT2D eigenvalue weighted by Gasteiger charge is -2.12. The first-order valence-corrected chi connectivity index (χ1v) is 5.12. The van der Waals surface area contributed by atoms with Crippen molar-refractivity contribution in [2.75, 3.05) is 0 Å². The van der Waals surface area contributed by atoms with E-state index in [1.165, 1.54) is 0 Å². The van der Waals surface area contributed by atoms with Crippen LogP contribution in [0.25, 0.3) is 0 Å². The average molecular weight is 230 g/mol. The fraction of sp³-hybridized carbons (Fsp3) is 0. The van der Waals surface area contributed by atoms with Crippen molar-refractivity contribution in [1.82, 2.24) is 0 Å². The number of para-hydroxylation sites is 2. The van der Waals surface area contributed by atoms with Crippen LogP contribution in [0.2, 0.25) is 0 Å². The van der Waals surface area contributed by atoms with Crippen molar-refractivity contribution in [2.45, 2.75) is 0 Å². The van der Waals surface area contributed by atoms with Gasteiger partial charge < -0.3 is 9.31 Å². The Bertz CT molecular complexity index is 393. The van der Waals surface area contributed by atoms with Gasteiger partial charge in [-0.05, 0) is 24.3 Å². The van der Waals surface area contributed by atoms with Gasteiger partial charge in [0.15, 0.2) is 0 Å². The highest BCUT2D eigenvalue weighted by Gasteiger charge is 2.27. The van der Waals surface area contributed by atoms with E-state index in [0.717, 1.165) is 0 Å². The van der Waals surface area contributed by atoms with Crippen LogP contribution in [0.1, 0.15) is 0 Å². The Morgan fingerprint density at radius 2 is 1.12 bits per heavy atom. The molecule has 0 saturated heterocycles. The highest BCUT2D eigenvalue weighted by Crippen LogP contribution is 2.14. The fourth-order valence-corrected chi connectivity index (χ4v) is 1.29. The molecule has 0 aliphatic heterocycles. The Balaban J connectivity index is 1.98. The Morgan fingerprint density at radius 1 is 0.706 bits per heavy atom. The second-order valence-electron chi connectivity index (χ2n) is 3.26. The molecule has 0 saturated carbocycles. The van der Waals surface area contributed by atoms with Gasteiger partial charge in [-0.25, -0.2) is 4.81 Å². The van der Waals surface area contributed by atoms with Crippen LogP contribution < -0.4 is 9.31 Å². The van der Waals surface area contributed by atoms with E-state index in [1.54, 1.807) is 24.3 Å². The van der Waals surface area contributed by atoms with Gasteiger partial charge in [0.2, 0.25) is 0 Å². The lowest BCUT2D eigenvalue weighted by Crippen LogP contribution is -2.32. The molecular formula is C12H11BO4. The van der Waals surface area contributed by atoms with Crippen LogP contribution in [0, 0.1) is 0 Å². The highest BCUT2D eigenvalue weighted by atomic mass is 17.1. The molecule has 0 amide bonds. The Kier molecular flexibility index (Phi) is 4.02. The van der Waals surface area contributed by atoms with Crippen LogP contribution in [0.5, 0.6) is 11.5 Å². The third-order valence-electron chi connectivity index (χ3n) is 2.04. The molecule has 0 aliphatic carbocycles. The van der Waals surface area contributed by atoms with Crippen LogP contribution in [0.15, 0.2) is 60.7 Å². The van der Waals surface area contributed by atoms with E-state index in [-0.39, 0.29) is 0 Å². The summed E-state index contributed by atoms with van der Waals surface area (Å²) in [6.07, 6.45) is 0. The molecule has 0 unspecified atom stereocenters. The molecule has 0 fully saturated rings. The first kappa shape index (κ1) is 11.5. The Morgan fingerprint density at radius 3 is 1.47 bits per heavy atom. The zero-order valence-electron chi connectivity index (χ0n) is 9.02.